The zero-order valence-electron chi connectivity index (χ0n) is 9.67. The van der Waals surface area contributed by atoms with Gasteiger partial charge in [-0.15, -0.1) is 11.8 Å². The highest BCUT2D eigenvalue weighted by atomic mass is 32.2. The van der Waals surface area contributed by atoms with E-state index in [0.29, 0.717) is 17.0 Å². The molecule has 0 N–H and O–H groups in total. The summed E-state index contributed by atoms with van der Waals surface area (Å²) in [4.78, 5) is 25.5. The Morgan fingerprint density at radius 2 is 2.39 bits per heavy atom. The number of thioether (sulfide) groups is 1. The summed E-state index contributed by atoms with van der Waals surface area (Å²) in [5, 5.41) is 8.74. The molecule has 0 fully saturated rings. The highest BCUT2D eigenvalue weighted by molar-refractivity contribution is 8.00. The maximum absolute atomic E-state index is 11.7. The lowest BCUT2D eigenvalue weighted by atomic mass is 10.2. The van der Waals surface area contributed by atoms with E-state index < -0.39 is 5.97 Å². The Balaban J connectivity index is 2.45. The van der Waals surface area contributed by atoms with E-state index in [1.54, 1.807) is 18.2 Å². The first-order chi connectivity index (χ1) is 8.67. The Kier molecular flexibility index (Phi) is 3.53. The Hall–Kier alpha value is -2.00. The minimum absolute atomic E-state index is 0.0168. The van der Waals surface area contributed by atoms with E-state index in [0.717, 1.165) is 4.90 Å². The zero-order chi connectivity index (χ0) is 13.1. The van der Waals surface area contributed by atoms with Crippen molar-refractivity contribution in [3.05, 3.63) is 23.8 Å². The minimum Gasteiger partial charge on any atom is -0.465 e. The standard InChI is InChI=1S/C12H10N2O3S/c1-17-12(16)8-2-3-10-9(6-8)14(5-4-13)11(15)7-18-10/h2-3,6H,5,7H2,1H3. The summed E-state index contributed by atoms with van der Waals surface area (Å²) in [5.74, 6) is -0.277. The van der Waals surface area contributed by atoms with Gasteiger partial charge in [0.25, 0.3) is 0 Å². The van der Waals surface area contributed by atoms with Gasteiger partial charge in [0.15, 0.2) is 0 Å². The molecular formula is C12H10N2O3S. The lowest BCUT2D eigenvalue weighted by Gasteiger charge is -2.27. The van der Waals surface area contributed by atoms with Crippen molar-refractivity contribution in [2.24, 2.45) is 0 Å². The van der Waals surface area contributed by atoms with Gasteiger partial charge in [-0.2, -0.15) is 5.26 Å². The van der Waals surface area contributed by atoms with Crippen molar-refractivity contribution in [2.75, 3.05) is 24.3 Å². The predicted molar refractivity (Wildman–Crippen MR) is 66.5 cm³/mol. The van der Waals surface area contributed by atoms with Gasteiger partial charge in [0.05, 0.1) is 30.2 Å². The molecule has 18 heavy (non-hydrogen) atoms. The summed E-state index contributed by atoms with van der Waals surface area (Å²) in [6.07, 6.45) is 0. The smallest absolute Gasteiger partial charge is 0.337 e. The number of rotatable bonds is 2. The van der Waals surface area contributed by atoms with Gasteiger partial charge in [-0.3, -0.25) is 9.69 Å². The van der Waals surface area contributed by atoms with E-state index in [2.05, 4.69) is 4.74 Å². The number of esters is 1. The molecule has 0 atom stereocenters. The van der Waals surface area contributed by atoms with Crippen LogP contribution in [0.15, 0.2) is 23.1 Å². The number of hydrogen-bond donors (Lipinski definition) is 0. The van der Waals surface area contributed by atoms with Crippen LogP contribution in [0.5, 0.6) is 0 Å². The molecule has 0 spiro atoms. The Morgan fingerprint density at radius 1 is 1.61 bits per heavy atom. The molecule has 5 nitrogen and oxygen atoms in total. The molecule has 1 aliphatic heterocycles. The van der Waals surface area contributed by atoms with Crippen LogP contribution >= 0.6 is 11.8 Å². The first kappa shape index (κ1) is 12.5. The van der Waals surface area contributed by atoms with Crippen LogP contribution in [-0.2, 0) is 9.53 Å². The van der Waals surface area contributed by atoms with E-state index in [-0.39, 0.29) is 12.5 Å². The number of ether oxygens (including phenoxy) is 1. The van der Waals surface area contributed by atoms with Crippen molar-refractivity contribution in [1.82, 2.24) is 0 Å². The number of carbonyl (C=O) groups is 2. The van der Waals surface area contributed by atoms with Gasteiger partial charge >= 0.3 is 5.97 Å². The molecule has 0 saturated carbocycles. The molecule has 92 valence electrons. The number of carbonyl (C=O) groups excluding carboxylic acids is 2. The quantitative estimate of drug-likeness (QED) is 0.595. The molecule has 1 aromatic carbocycles. The molecule has 6 heteroatoms. The summed E-state index contributed by atoms with van der Waals surface area (Å²) in [6, 6.07) is 6.95. The van der Waals surface area contributed by atoms with Crippen molar-refractivity contribution in [3.63, 3.8) is 0 Å². The van der Waals surface area contributed by atoms with E-state index in [1.165, 1.54) is 23.8 Å². The van der Waals surface area contributed by atoms with E-state index >= 15 is 0 Å². The van der Waals surface area contributed by atoms with Crippen LogP contribution in [0.3, 0.4) is 0 Å². The number of benzene rings is 1. The van der Waals surface area contributed by atoms with E-state index in [4.69, 9.17) is 5.26 Å². The molecular weight excluding hydrogens is 252 g/mol. The number of hydrogen-bond acceptors (Lipinski definition) is 5. The monoisotopic (exact) mass is 262 g/mol. The summed E-state index contributed by atoms with van der Waals surface area (Å²) < 4.78 is 4.64. The number of fused-ring (bicyclic) bond motifs is 1. The fraction of sp³-hybridized carbons (Fsp3) is 0.250. The molecule has 0 radical (unpaired) electrons. The van der Waals surface area contributed by atoms with Gasteiger partial charge in [0.1, 0.15) is 6.54 Å². The van der Waals surface area contributed by atoms with Gasteiger partial charge in [0.2, 0.25) is 5.91 Å². The van der Waals surface area contributed by atoms with Crippen molar-refractivity contribution in [3.8, 4) is 6.07 Å². The van der Waals surface area contributed by atoms with E-state index in [1.807, 2.05) is 6.07 Å². The number of methoxy groups -OCH3 is 1. The molecule has 1 amide bonds. The molecule has 1 aromatic rings. The van der Waals surface area contributed by atoms with Crippen LogP contribution in [0.4, 0.5) is 5.69 Å². The van der Waals surface area contributed by atoms with Gasteiger partial charge in [-0.05, 0) is 18.2 Å². The second-order valence-electron chi connectivity index (χ2n) is 3.60. The summed E-state index contributed by atoms with van der Waals surface area (Å²) in [7, 11) is 1.30. The molecule has 1 aliphatic rings. The van der Waals surface area contributed by atoms with Gasteiger partial charge < -0.3 is 4.74 Å². The van der Waals surface area contributed by atoms with Gasteiger partial charge in [-0.1, -0.05) is 0 Å². The first-order valence-corrected chi connectivity index (χ1v) is 6.18. The average Bonchev–Trinajstić information content (AvgIpc) is 2.40. The average molecular weight is 262 g/mol. The van der Waals surface area contributed by atoms with Crippen molar-refractivity contribution < 1.29 is 14.3 Å². The third-order valence-corrected chi connectivity index (χ3v) is 3.60. The van der Waals surface area contributed by atoms with Crippen LogP contribution in [0, 0.1) is 11.3 Å². The van der Waals surface area contributed by atoms with Crippen LogP contribution in [0.1, 0.15) is 10.4 Å². The third-order valence-electron chi connectivity index (χ3n) is 2.55. The maximum atomic E-state index is 11.7. The molecule has 0 aliphatic carbocycles. The Bertz CT molecular complexity index is 551. The van der Waals surface area contributed by atoms with Crippen LogP contribution in [0.25, 0.3) is 0 Å². The number of nitriles is 1. The highest BCUT2D eigenvalue weighted by Crippen LogP contribution is 2.35. The Labute approximate surface area is 108 Å². The molecule has 0 saturated heterocycles. The topological polar surface area (TPSA) is 70.4 Å². The first-order valence-electron chi connectivity index (χ1n) is 5.20. The van der Waals surface area contributed by atoms with Gasteiger partial charge in [-0.25, -0.2) is 4.79 Å². The van der Waals surface area contributed by atoms with Crippen LogP contribution < -0.4 is 4.90 Å². The minimum atomic E-state index is -0.460. The Morgan fingerprint density at radius 3 is 3.06 bits per heavy atom. The summed E-state index contributed by atoms with van der Waals surface area (Å²) >= 11 is 1.40. The third kappa shape index (κ3) is 2.17. The van der Waals surface area contributed by atoms with Crippen molar-refractivity contribution >= 4 is 29.3 Å². The number of anilines is 1. The predicted octanol–water partition coefficient (Wildman–Crippen LogP) is 1.44. The van der Waals surface area contributed by atoms with Crippen LogP contribution in [0.2, 0.25) is 0 Å². The van der Waals surface area contributed by atoms with E-state index in [9.17, 15) is 9.59 Å². The van der Waals surface area contributed by atoms with Crippen LogP contribution in [-0.4, -0.2) is 31.3 Å². The second kappa shape index (κ2) is 5.10. The highest BCUT2D eigenvalue weighted by Gasteiger charge is 2.25. The lowest BCUT2D eigenvalue weighted by Crippen LogP contribution is -2.35. The second-order valence-corrected chi connectivity index (χ2v) is 4.62. The van der Waals surface area contributed by atoms with Crippen molar-refractivity contribution in [2.45, 2.75) is 4.90 Å². The van der Waals surface area contributed by atoms with Crippen molar-refractivity contribution in [1.29, 1.82) is 5.26 Å². The fourth-order valence-electron chi connectivity index (χ4n) is 1.69. The normalized spacial score (nSPS) is 13.8. The summed E-state index contributed by atoms with van der Waals surface area (Å²) in [6.45, 7) is -0.0168. The SMILES string of the molecule is COC(=O)c1ccc2c(c1)N(CC#N)C(=O)CS2. The zero-order valence-corrected chi connectivity index (χ0v) is 10.5. The fourth-order valence-corrected chi connectivity index (χ4v) is 2.61. The lowest BCUT2D eigenvalue weighted by molar-refractivity contribution is -0.116. The van der Waals surface area contributed by atoms with Gasteiger partial charge in [0, 0.05) is 4.90 Å². The largest absolute Gasteiger partial charge is 0.465 e. The molecule has 1 heterocycles. The number of nitrogens with zero attached hydrogens (tertiary/aromatic N) is 2. The molecule has 0 unspecified atom stereocenters. The summed E-state index contributed by atoms with van der Waals surface area (Å²) in [5.41, 5.74) is 0.968. The molecule has 0 aromatic heterocycles. The number of amides is 1. The molecule has 0 bridgehead atoms. The maximum Gasteiger partial charge on any atom is 0.337 e. The molecule has 2 rings (SSSR count).